The van der Waals surface area contributed by atoms with Crippen molar-refractivity contribution in [3.8, 4) is 0 Å². The Labute approximate surface area is 111 Å². The smallest absolute Gasteiger partial charge is 0.377 e. The highest BCUT2D eigenvalue weighted by Gasteiger charge is 2.25. The first-order valence-corrected chi connectivity index (χ1v) is 6.35. The number of ether oxygens (including phenoxy) is 1. The van der Waals surface area contributed by atoms with Gasteiger partial charge in [0.25, 0.3) is 0 Å². The van der Waals surface area contributed by atoms with E-state index in [2.05, 4.69) is 10.3 Å². The highest BCUT2D eigenvalue weighted by Crippen LogP contribution is 2.21. The van der Waals surface area contributed by atoms with Gasteiger partial charge in [0.15, 0.2) is 0 Å². The van der Waals surface area contributed by atoms with E-state index in [0.29, 0.717) is 0 Å². The second-order valence-corrected chi connectivity index (χ2v) is 4.21. The molecule has 108 valence electrons. The summed E-state index contributed by atoms with van der Waals surface area (Å²) in [6.45, 7) is 3.22. The summed E-state index contributed by atoms with van der Waals surface area (Å²) in [5.41, 5.74) is 0.864. The Kier molecular flexibility index (Phi) is 6.62. The minimum atomic E-state index is -4.11. The molecule has 0 unspecified atom stereocenters. The molecule has 0 spiro atoms. The van der Waals surface area contributed by atoms with Gasteiger partial charge in [-0.3, -0.25) is 0 Å². The summed E-state index contributed by atoms with van der Waals surface area (Å²) in [7, 11) is 0. The summed E-state index contributed by atoms with van der Waals surface area (Å²) in [6, 6.07) is 3.64. The van der Waals surface area contributed by atoms with Gasteiger partial charge in [-0.15, -0.1) is 0 Å². The molecule has 6 heteroatoms. The first-order chi connectivity index (χ1) is 9.03. The fourth-order valence-corrected chi connectivity index (χ4v) is 1.51. The summed E-state index contributed by atoms with van der Waals surface area (Å²) in [5.74, 6) is 0.736. The Morgan fingerprint density at radius 1 is 1.37 bits per heavy atom. The Morgan fingerprint density at radius 2 is 2.16 bits per heavy atom. The second-order valence-electron chi connectivity index (χ2n) is 4.21. The van der Waals surface area contributed by atoms with Crippen molar-refractivity contribution in [3.63, 3.8) is 0 Å². The molecule has 0 atom stereocenters. The van der Waals surface area contributed by atoms with Crippen LogP contribution in [0, 0.1) is 0 Å². The first kappa shape index (κ1) is 15.8. The molecule has 0 aliphatic heterocycles. The van der Waals surface area contributed by atoms with E-state index >= 15 is 0 Å². The average molecular weight is 276 g/mol. The van der Waals surface area contributed by atoms with Crippen LogP contribution in [0.4, 0.5) is 19.0 Å². The molecule has 0 saturated heterocycles. The standard InChI is InChI=1S/C13H19F3N2O/c1-2-7-17-12-11(5-3-8-18-12)10-19-9-4-6-13(14,15)16/h3,5,8H,2,4,6-7,9-10H2,1H3,(H,17,18). The zero-order valence-corrected chi connectivity index (χ0v) is 11.0. The highest BCUT2D eigenvalue weighted by molar-refractivity contribution is 5.43. The summed E-state index contributed by atoms with van der Waals surface area (Å²) in [5, 5.41) is 3.16. The molecular formula is C13H19F3N2O. The van der Waals surface area contributed by atoms with Crippen molar-refractivity contribution in [1.29, 1.82) is 0 Å². The van der Waals surface area contributed by atoms with Gasteiger partial charge in [-0.05, 0) is 18.9 Å². The van der Waals surface area contributed by atoms with Crippen LogP contribution < -0.4 is 5.32 Å². The summed E-state index contributed by atoms with van der Waals surface area (Å²) < 4.78 is 41.1. The number of anilines is 1. The van der Waals surface area contributed by atoms with E-state index < -0.39 is 12.6 Å². The van der Waals surface area contributed by atoms with Crippen molar-refractivity contribution in [2.75, 3.05) is 18.5 Å². The van der Waals surface area contributed by atoms with Crippen LogP contribution >= 0.6 is 0 Å². The normalized spacial score (nSPS) is 11.6. The van der Waals surface area contributed by atoms with E-state index in [9.17, 15) is 13.2 Å². The zero-order chi connectivity index (χ0) is 14.1. The van der Waals surface area contributed by atoms with Crippen molar-refractivity contribution in [1.82, 2.24) is 4.98 Å². The quantitative estimate of drug-likeness (QED) is 0.734. The number of hydrogen-bond acceptors (Lipinski definition) is 3. The van der Waals surface area contributed by atoms with Crippen molar-refractivity contribution >= 4 is 5.82 Å². The lowest BCUT2D eigenvalue weighted by molar-refractivity contribution is -0.138. The maximum absolute atomic E-state index is 11.9. The maximum Gasteiger partial charge on any atom is 0.389 e. The van der Waals surface area contributed by atoms with Crippen LogP contribution in [0.5, 0.6) is 0 Å². The van der Waals surface area contributed by atoms with E-state index in [1.54, 1.807) is 12.3 Å². The molecule has 19 heavy (non-hydrogen) atoms. The molecule has 0 radical (unpaired) electrons. The van der Waals surface area contributed by atoms with E-state index in [1.807, 2.05) is 13.0 Å². The maximum atomic E-state index is 11.9. The van der Waals surface area contributed by atoms with Gasteiger partial charge in [0, 0.05) is 31.3 Å². The largest absolute Gasteiger partial charge is 0.389 e. The zero-order valence-electron chi connectivity index (χ0n) is 11.0. The molecule has 3 nitrogen and oxygen atoms in total. The molecule has 0 fully saturated rings. The molecule has 0 aliphatic rings. The summed E-state index contributed by atoms with van der Waals surface area (Å²) in [4.78, 5) is 4.18. The number of alkyl halides is 3. The van der Waals surface area contributed by atoms with Gasteiger partial charge in [-0.25, -0.2) is 4.98 Å². The van der Waals surface area contributed by atoms with Crippen molar-refractivity contribution in [2.24, 2.45) is 0 Å². The minimum Gasteiger partial charge on any atom is -0.377 e. The lowest BCUT2D eigenvalue weighted by atomic mass is 10.2. The SMILES string of the molecule is CCCNc1ncccc1COCCCC(F)(F)F. The van der Waals surface area contributed by atoms with Gasteiger partial charge >= 0.3 is 6.18 Å². The fraction of sp³-hybridized carbons (Fsp3) is 0.615. The van der Waals surface area contributed by atoms with Gasteiger partial charge in [0.2, 0.25) is 0 Å². The second kappa shape index (κ2) is 7.99. The van der Waals surface area contributed by atoms with Gasteiger partial charge in [0.05, 0.1) is 6.61 Å². The molecule has 0 aromatic carbocycles. The predicted molar refractivity (Wildman–Crippen MR) is 68.0 cm³/mol. The number of nitrogens with one attached hydrogen (secondary N) is 1. The first-order valence-electron chi connectivity index (χ1n) is 6.35. The number of hydrogen-bond donors (Lipinski definition) is 1. The van der Waals surface area contributed by atoms with E-state index in [0.717, 1.165) is 24.3 Å². The van der Waals surface area contributed by atoms with Gasteiger partial charge in [-0.1, -0.05) is 13.0 Å². The van der Waals surface area contributed by atoms with Crippen LogP contribution in [0.3, 0.4) is 0 Å². The van der Waals surface area contributed by atoms with Crippen molar-refractivity contribution in [3.05, 3.63) is 23.9 Å². The monoisotopic (exact) mass is 276 g/mol. The lowest BCUT2D eigenvalue weighted by Gasteiger charge is -2.11. The molecule has 1 aromatic heterocycles. The van der Waals surface area contributed by atoms with Crippen LogP contribution in [0.2, 0.25) is 0 Å². The van der Waals surface area contributed by atoms with Crippen LogP contribution in [-0.4, -0.2) is 24.3 Å². The van der Waals surface area contributed by atoms with Crippen LogP contribution in [-0.2, 0) is 11.3 Å². The summed E-state index contributed by atoms with van der Waals surface area (Å²) in [6.07, 6.45) is -2.28. The Balaban J connectivity index is 2.32. The molecule has 0 bridgehead atoms. The van der Waals surface area contributed by atoms with E-state index in [1.165, 1.54) is 0 Å². The van der Waals surface area contributed by atoms with Crippen LogP contribution in [0.25, 0.3) is 0 Å². The number of rotatable bonds is 8. The Morgan fingerprint density at radius 3 is 2.84 bits per heavy atom. The average Bonchev–Trinajstić information content (AvgIpc) is 2.36. The Bertz CT molecular complexity index is 369. The van der Waals surface area contributed by atoms with Gasteiger partial charge in [0.1, 0.15) is 5.82 Å². The number of pyridine rings is 1. The molecule has 1 N–H and O–H groups in total. The number of halogens is 3. The molecule has 1 rings (SSSR count). The predicted octanol–water partition coefficient (Wildman–Crippen LogP) is 3.76. The van der Waals surface area contributed by atoms with Crippen molar-refractivity contribution < 1.29 is 17.9 Å². The number of nitrogens with zero attached hydrogens (tertiary/aromatic N) is 1. The molecule has 1 aromatic rings. The van der Waals surface area contributed by atoms with E-state index in [4.69, 9.17) is 4.74 Å². The molecule has 0 amide bonds. The third-order valence-corrected chi connectivity index (χ3v) is 2.44. The molecular weight excluding hydrogens is 257 g/mol. The molecule has 0 aliphatic carbocycles. The third kappa shape index (κ3) is 7.00. The van der Waals surface area contributed by atoms with Crippen LogP contribution in [0.15, 0.2) is 18.3 Å². The molecule has 0 saturated carbocycles. The highest BCUT2D eigenvalue weighted by atomic mass is 19.4. The molecule has 1 heterocycles. The van der Waals surface area contributed by atoms with Crippen molar-refractivity contribution in [2.45, 2.75) is 39.0 Å². The number of aromatic nitrogens is 1. The Hall–Kier alpha value is -1.30. The van der Waals surface area contributed by atoms with E-state index in [-0.39, 0.29) is 19.6 Å². The minimum absolute atomic E-state index is 0.0124. The lowest BCUT2D eigenvalue weighted by Crippen LogP contribution is -2.09. The summed E-state index contributed by atoms with van der Waals surface area (Å²) >= 11 is 0. The van der Waals surface area contributed by atoms with Gasteiger partial charge in [-0.2, -0.15) is 13.2 Å². The fourth-order valence-electron chi connectivity index (χ4n) is 1.51. The van der Waals surface area contributed by atoms with Crippen LogP contribution in [0.1, 0.15) is 31.7 Å². The van der Waals surface area contributed by atoms with Gasteiger partial charge < -0.3 is 10.1 Å². The topological polar surface area (TPSA) is 34.2 Å². The third-order valence-electron chi connectivity index (χ3n) is 2.44.